The SMILES string of the molecule is O=C1c2ncc3c(c(S(=O)N4CCOCC4)cn3Cc3ccc(F)cc3)c2CCN1O. The number of pyridine rings is 1. The fraction of sp³-hybridized carbons (Fsp3) is 0.333. The lowest BCUT2D eigenvalue weighted by molar-refractivity contribution is -0.0606. The quantitative estimate of drug-likeness (QED) is 0.622. The second-order valence-electron chi connectivity index (χ2n) is 7.56. The average molecular weight is 444 g/mol. The zero-order chi connectivity index (χ0) is 21.5. The van der Waals surface area contributed by atoms with Crippen molar-refractivity contribution in [2.75, 3.05) is 32.8 Å². The van der Waals surface area contributed by atoms with Crippen LogP contribution in [0.1, 0.15) is 21.6 Å². The Labute approximate surface area is 180 Å². The van der Waals surface area contributed by atoms with Crippen molar-refractivity contribution in [1.29, 1.82) is 0 Å². The van der Waals surface area contributed by atoms with Crippen LogP contribution in [-0.4, -0.2) is 67.1 Å². The molecule has 1 atom stereocenters. The minimum atomic E-state index is -1.45. The van der Waals surface area contributed by atoms with Crippen LogP contribution in [0.4, 0.5) is 4.39 Å². The number of nitrogens with zero attached hydrogens (tertiary/aromatic N) is 4. The number of fused-ring (bicyclic) bond motifs is 3. The van der Waals surface area contributed by atoms with E-state index in [-0.39, 0.29) is 18.1 Å². The molecule has 1 saturated heterocycles. The van der Waals surface area contributed by atoms with Gasteiger partial charge in [-0.15, -0.1) is 0 Å². The number of ether oxygens (including phenoxy) is 1. The van der Waals surface area contributed by atoms with Gasteiger partial charge >= 0.3 is 0 Å². The van der Waals surface area contributed by atoms with E-state index >= 15 is 0 Å². The molecule has 1 amide bonds. The number of aromatic nitrogens is 2. The summed E-state index contributed by atoms with van der Waals surface area (Å²) in [4.78, 5) is 17.4. The molecule has 162 valence electrons. The van der Waals surface area contributed by atoms with Crippen molar-refractivity contribution < 1.29 is 23.3 Å². The Morgan fingerprint density at radius 2 is 1.90 bits per heavy atom. The highest BCUT2D eigenvalue weighted by atomic mass is 32.2. The summed E-state index contributed by atoms with van der Waals surface area (Å²) in [5.74, 6) is -0.865. The standard InChI is InChI=1S/C21H21FN4O4S/c22-15-3-1-14(2-4-15)12-24-13-18(31(29)25-7-9-30-10-8-25)19-16-5-6-26(28)21(27)20(16)23-11-17(19)24/h1-4,11,13,28H,5-10,12H2. The maximum Gasteiger partial charge on any atom is 0.296 e. The number of hydroxylamine groups is 2. The topological polar surface area (TPSA) is 87.9 Å². The largest absolute Gasteiger partial charge is 0.379 e. The van der Waals surface area contributed by atoms with Crippen LogP contribution in [0.5, 0.6) is 0 Å². The number of rotatable bonds is 4. The lowest BCUT2D eigenvalue weighted by Crippen LogP contribution is -2.38. The first kappa shape index (κ1) is 20.3. The second kappa shape index (κ2) is 8.12. The van der Waals surface area contributed by atoms with Crippen molar-refractivity contribution in [2.45, 2.75) is 17.9 Å². The fourth-order valence-corrected chi connectivity index (χ4v) is 5.46. The van der Waals surface area contributed by atoms with E-state index in [0.29, 0.717) is 54.8 Å². The molecule has 0 radical (unpaired) electrons. The number of benzene rings is 1. The van der Waals surface area contributed by atoms with Crippen molar-refractivity contribution in [2.24, 2.45) is 0 Å². The van der Waals surface area contributed by atoms with Gasteiger partial charge in [0, 0.05) is 31.2 Å². The van der Waals surface area contributed by atoms with Crippen LogP contribution in [0.2, 0.25) is 0 Å². The molecular formula is C21H21FN4O4S. The molecule has 0 saturated carbocycles. The molecule has 2 aliphatic rings. The van der Waals surface area contributed by atoms with Gasteiger partial charge in [-0.1, -0.05) is 12.1 Å². The number of hydrogen-bond donors (Lipinski definition) is 1. The Balaban J connectivity index is 1.65. The summed E-state index contributed by atoms with van der Waals surface area (Å²) in [6.07, 6.45) is 3.82. The first-order valence-corrected chi connectivity index (χ1v) is 11.1. The van der Waals surface area contributed by atoms with Gasteiger partial charge in [0.1, 0.15) is 22.5 Å². The lowest BCUT2D eigenvalue weighted by atomic mass is 10.0. The molecule has 4 heterocycles. The summed E-state index contributed by atoms with van der Waals surface area (Å²) in [6.45, 7) is 2.72. The van der Waals surface area contributed by atoms with Gasteiger partial charge in [0.05, 0.1) is 36.4 Å². The lowest BCUT2D eigenvalue weighted by Gasteiger charge is -2.26. The van der Waals surface area contributed by atoms with Crippen LogP contribution in [-0.2, 0) is 28.7 Å². The molecule has 31 heavy (non-hydrogen) atoms. The highest BCUT2D eigenvalue weighted by Crippen LogP contribution is 2.33. The zero-order valence-electron chi connectivity index (χ0n) is 16.7. The second-order valence-corrected chi connectivity index (χ2v) is 9.02. The third-order valence-electron chi connectivity index (χ3n) is 5.66. The molecule has 3 aromatic rings. The summed E-state index contributed by atoms with van der Waals surface area (Å²) >= 11 is 0. The summed E-state index contributed by atoms with van der Waals surface area (Å²) in [6, 6.07) is 6.22. The Morgan fingerprint density at radius 3 is 2.65 bits per heavy atom. The first-order valence-electron chi connectivity index (χ1n) is 10.0. The normalized spacial score (nSPS) is 18.4. The Kier molecular flexibility index (Phi) is 5.30. The van der Waals surface area contributed by atoms with Crippen LogP contribution >= 0.6 is 0 Å². The molecule has 1 fully saturated rings. The summed E-state index contributed by atoms with van der Waals surface area (Å²) in [5, 5.41) is 11.2. The number of amides is 1. The highest BCUT2D eigenvalue weighted by Gasteiger charge is 2.31. The van der Waals surface area contributed by atoms with E-state index in [9.17, 15) is 18.6 Å². The molecule has 5 rings (SSSR count). The van der Waals surface area contributed by atoms with E-state index in [1.165, 1.54) is 12.1 Å². The molecule has 0 spiro atoms. The third-order valence-corrected chi connectivity index (χ3v) is 7.18. The number of hydrogen-bond acceptors (Lipinski definition) is 5. The van der Waals surface area contributed by atoms with E-state index in [2.05, 4.69) is 4.98 Å². The zero-order valence-corrected chi connectivity index (χ0v) is 17.5. The van der Waals surface area contributed by atoms with Crippen molar-refractivity contribution >= 4 is 27.8 Å². The van der Waals surface area contributed by atoms with Gasteiger partial charge in [-0.3, -0.25) is 10.0 Å². The minimum Gasteiger partial charge on any atom is -0.379 e. The maximum absolute atomic E-state index is 13.5. The number of carbonyl (C=O) groups excluding carboxylic acids is 1. The van der Waals surface area contributed by atoms with Crippen molar-refractivity contribution in [1.82, 2.24) is 18.9 Å². The number of halogens is 1. The van der Waals surface area contributed by atoms with Gasteiger partial charge in [-0.2, -0.15) is 0 Å². The fourth-order valence-electron chi connectivity index (χ4n) is 4.08. The number of morpholine rings is 1. The van der Waals surface area contributed by atoms with Crippen LogP contribution < -0.4 is 0 Å². The molecule has 2 aromatic heterocycles. The van der Waals surface area contributed by atoms with Crippen LogP contribution in [0, 0.1) is 5.82 Å². The summed E-state index contributed by atoms with van der Waals surface area (Å²) in [7, 11) is -1.45. The molecule has 10 heteroatoms. The Hall–Kier alpha value is -2.66. The molecule has 0 bridgehead atoms. The molecule has 0 aliphatic carbocycles. The van der Waals surface area contributed by atoms with Gasteiger partial charge < -0.3 is 9.30 Å². The molecule has 2 aliphatic heterocycles. The monoisotopic (exact) mass is 444 g/mol. The molecule has 8 nitrogen and oxygen atoms in total. The third kappa shape index (κ3) is 3.65. The van der Waals surface area contributed by atoms with E-state index in [0.717, 1.165) is 16.5 Å². The molecule has 1 unspecified atom stereocenters. The van der Waals surface area contributed by atoms with Gasteiger partial charge in [-0.05, 0) is 29.7 Å². The van der Waals surface area contributed by atoms with Crippen LogP contribution in [0.25, 0.3) is 10.9 Å². The van der Waals surface area contributed by atoms with Crippen molar-refractivity contribution in [3.8, 4) is 0 Å². The molecule has 1 N–H and O–H groups in total. The smallest absolute Gasteiger partial charge is 0.296 e. The molecular weight excluding hydrogens is 423 g/mol. The predicted molar refractivity (Wildman–Crippen MR) is 111 cm³/mol. The van der Waals surface area contributed by atoms with E-state index in [1.54, 1.807) is 18.3 Å². The Morgan fingerprint density at radius 1 is 1.16 bits per heavy atom. The van der Waals surface area contributed by atoms with E-state index < -0.39 is 16.9 Å². The summed E-state index contributed by atoms with van der Waals surface area (Å²) in [5.41, 5.74) is 2.51. The van der Waals surface area contributed by atoms with Gasteiger partial charge in [-0.25, -0.2) is 23.0 Å². The maximum atomic E-state index is 13.5. The molecule has 1 aromatic carbocycles. The van der Waals surface area contributed by atoms with Crippen LogP contribution in [0.15, 0.2) is 41.6 Å². The highest BCUT2D eigenvalue weighted by molar-refractivity contribution is 7.83. The Bertz CT molecular complexity index is 1170. The minimum absolute atomic E-state index is 0.152. The summed E-state index contributed by atoms with van der Waals surface area (Å²) < 4.78 is 36.0. The van der Waals surface area contributed by atoms with Crippen molar-refractivity contribution in [3.63, 3.8) is 0 Å². The van der Waals surface area contributed by atoms with Gasteiger partial charge in [0.25, 0.3) is 5.91 Å². The van der Waals surface area contributed by atoms with Crippen molar-refractivity contribution in [3.05, 3.63) is 59.3 Å². The van der Waals surface area contributed by atoms with Gasteiger partial charge in [0.15, 0.2) is 0 Å². The van der Waals surface area contributed by atoms with Gasteiger partial charge in [0.2, 0.25) is 0 Å². The predicted octanol–water partition coefficient (Wildman–Crippen LogP) is 1.97. The number of carbonyl (C=O) groups is 1. The van der Waals surface area contributed by atoms with Crippen LogP contribution in [0.3, 0.4) is 0 Å². The average Bonchev–Trinajstić information content (AvgIpc) is 3.16. The van der Waals surface area contributed by atoms with E-state index in [1.807, 2.05) is 15.1 Å². The first-order chi connectivity index (χ1) is 15.0. The van der Waals surface area contributed by atoms with E-state index in [4.69, 9.17) is 4.74 Å².